The van der Waals surface area contributed by atoms with Gasteiger partial charge in [-0.05, 0) is 6.07 Å². The van der Waals surface area contributed by atoms with Crippen molar-refractivity contribution in [2.24, 2.45) is 0 Å². The lowest BCUT2D eigenvalue weighted by Crippen LogP contribution is -1.92. The Bertz CT molecular complexity index is 303. The molecule has 1 rings (SSSR count). The van der Waals surface area contributed by atoms with Gasteiger partial charge >= 0.3 is 0 Å². The quantitative estimate of drug-likeness (QED) is 0.673. The van der Waals surface area contributed by atoms with Gasteiger partial charge in [-0.3, -0.25) is 9.78 Å². The molecule has 0 saturated carbocycles. The molecule has 0 N–H and O–H groups in total. The zero-order valence-electron chi connectivity index (χ0n) is 5.80. The number of nitrogens with zero attached hydrogens (tertiary/aromatic N) is 1. The number of halogens is 3. The number of hydrogen-bond acceptors (Lipinski definition) is 2. The molecule has 0 aliphatic heterocycles. The molecule has 1 aromatic heterocycles. The Morgan fingerprint density at radius 1 is 1.58 bits per heavy atom. The van der Waals surface area contributed by atoms with Gasteiger partial charge < -0.3 is 0 Å². The molecule has 2 nitrogen and oxygen atoms in total. The molecule has 1 aromatic rings. The Balaban J connectivity index is 3.16. The summed E-state index contributed by atoms with van der Waals surface area (Å²) in [5, 5.41) is -0.129. The Morgan fingerprint density at radius 3 is 2.75 bits per heavy atom. The van der Waals surface area contributed by atoms with Crippen molar-refractivity contribution in [1.29, 1.82) is 0 Å². The lowest BCUT2D eigenvalue weighted by molar-refractivity contribution is 0.111. The number of pyridine rings is 1. The Hall–Kier alpha value is -1.03. The molecule has 0 aliphatic carbocycles. The second kappa shape index (κ2) is 3.58. The fourth-order valence-electron chi connectivity index (χ4n) is 0.703. The highest BCUT2D eigenvalue weighted by atomic mass is 35.5. The third-order valence-corrected chi connectivity index (χ3v) is 1.58. The summed E-state index contributed by atoms with van der Waals surface area (Å²) >= 11 is 5.39. The number of hydrogen-bond donors (Lipinski definition) is 0. The van der Waals surface area contributed by atoms with Gasteiger partial charge in [-0.2, -0.15) is 0 Å². The lowest BCUT2D eigenvalue weighted by atomic mass is 10.2. The Morgan fingerprint density at radius 2 is 2.25 bits per heavy atom. The molecule has 0 amide bonds. The van der Waals surface area contributed by atoms with E-state index < -0.39 is 6.43 Å². The molecule has 0 bridgehead atoms. The van der Waals surface area contributed by atoms with E-state index in [1.54, 1.807) is 0 Å². The first-order valence-electron chi connectivity index (χ1n) is 3.04. The van der Waals surface area contributed by atoms with Crippen molar-refractivity contribution >= 4 is 17.9 Å². The summed E-state index contributed by atoms with van der Waals surface area (Å²) in [4.78, 5) is 13.6. The fraction of sp³-hybridized carbons (Fsp3) is 0.143. The summed E-state index contributed by atoms with van der Waals surface area (Å²) in [6, 6.07) is 0.972. The molecule has 0 spiro atoms. The standard InChI is InChI=1S/C7H4ClF2NO/c8-6-2-11-4(3-12)1-5(6)7(9)10/h1-3,7H. The number of aldehydes is 1. The molecule has 0 atom stereocenters. The minimum absolute atomic E-state index is 0.0466. The number of carbonyl (C=O) groups excluding carboxylic acids is 1. The number of rotatable bonds is 2. The average Bonchev–Trinajstić information content (AvgIpc) is 2.05. The van der Waals surface area contributed by atoms with Gasteiger partial charge in [0.2, 0.25) is 0 Å². The van der Waals surface area contributed by atoms with E-state index in [0.29, 0.717) is 6.29 Å². The first kappa shape index (κ1) is 9.06. The van der Waals surface area contributed by atoms with Gasteiger partial charge in [0.25, 0.3) is 6.43 Å². The number of alkyl halides is 2. The Labute approximate surface area is 72.2 Å². The van der Waals surface area contributed by atoms with Crippen molar-refractivity contribution < 1.29 is 13.6 Å². The predicted molar refractivity (Wildman–Crippen MR) is 39.6 cm³/mol. The van der Waals surface area contributed by atoms with Crippen LogP contribution in [-0.4, -0.2) is 11.3 Å². The van der Waals surface area contributed by atoms with Crippen LogP contribution in [0.4, 0.5) is 8.78 Å². The molecular formula is C7H4ClF2NO. The summed E-state index contributed by atoms with van der Waals surface area (Å²) in [5.41, 5.74) is -0.413. The highest BCUT2D eigenvalue weighted by molar-refractivity contribution is 6.31. The molecule has 0 unspecified atom stereocenters. The van der Waals surface area contributed by atoms with E-state index in [1.807, 2.05) is 0 Å². The zero-order valence-corrected chi connectivity index (χ0v) is 6.55. The molecule has 64 valence electrons. The molecule has 0 saturated heterocycles. The molecule has 0 aromatic carbocycles. The maximum Gasteiger partial charge on any atom is 0.265 e. The van der Waals surface area contributed by atoms with Crippen LogP contribution in [0.25, 0.3) is 0 Å². The number of carbonyl (C=O) groups is 1. The van der Waals surface area contributed by atoms with Crippen LogP contribution in [0.15, 0.2) is 12.3 Å². The molecule has 0 radical (unpaired) electrons. The van der Waals surface area contributed by atoms with Crippen LogP contribution >= 0.6 is 11.6 Å². The van der Waals surface area contributed by atoms with Crippen molar-refractivity contribution in [3.05, 3.63) is 28.5 Å². The third kappa shape index (κ3) is 1.76. The van der Waals surface area contributed by atoms with Crippen LogP contribution in [0.5, 0.6) is 0 Å². The Kier molecular flexibility index (Phi) is 2.70. The van der Waals surface area contributed by atoms with Gasteiger partial charge in [-0.1, -0.05) is 11.6 Å². The van der Waals surface area contributed by atoms with E-state index >= 15 is 0 Å². The topological polar surface area (TPSA) is 30.0 Å². The minimum Gasteiger partial charge on any atom is -0.296 e. The van der Waals surface area contributed by atoms with Crippen molar-refractivity contribution in [2.75, 3.05) is 0 Å². The normalized spacial score (nSPS) is 10.3. The lowest BCUT2D eigenvalue weighted by Gasteiger charge is -2.01. The van der Waals surface area contributed by atoms with Gasteiger partial charge in [0.05, 0.1) is 5.02 Å². The van der Waals surface area contributed by atoms with Crippen LogP contribution in [-0.2, 0) is 0 Å². The maximum atomic E-state index is 12.1. The SMILES string of the molecule is O=Cc1cc(C(F)F)c(Cl)cn1. The first-order valence-corrected chi connectivity index (χ1v) is 3.41. The van der Waals surface area contributed by atoms with E-state index in [4.69, 9.17) is 11.6 Å². The van der Waals surface area contributed by atoms with Gasteiger partial charge in [0.1, 0.15) is 5.69 Å². The third-order valence-electron chi connectivity index (χ3n) is 1.26. The van der Waals surface area contributed by atoms with Gasteiger partial charge in [0, 0.05) is 11.8 Å². The van der Waals surface area contributed by atoms with Crippen LogP contribution in [0, 0.1) is 0 Å². The van der Waals surface area contributed by atoms with E-state index in [1.165, 1.54) is 0 Å². The van der Waals surface area contributed by atoms with Crippen LogP contribution in [0.3, 0.4) is 0 Å². The molecule has 0 fully saturated rings. The smallest absolute Gasteiger partial charge is 0.265 e. The second-order valence-electron chi connectivity index (χ2n) is 2.05. The molecule has 5 heteroatoms. The van der Waals surface area contributed by atoms with Crippen LogP contribution in [0.2, 0.25) is 5.02 Å². The molecular weight excluding hydrogens is 188 g/mol. The summed E-state index contributed by atoms with van der Waals surface area (Å²) < 4.78 is 24.2. The van der Waals surface area contributed by atoms with Crippen molar-refractivity contribution in [1.82, 2.24) is 4.98 Å². The zero-order chi connectivity index (χ0) is 9.14. The average molecular weight is 192 g/mol. The summed E-state index contributed by atoms with van der Waals surface area (Å²) in [6.07, 6.45) is -1.26. The van der Waals surface area contributed by atoms with Crippen molar-refractivity contribution in [2.45, 2.75) is 6.43 Å². The molecule has 12 heavy (non-hydrogen) atoms. The number of aromatic nitrogens is 1. The van der Waals surface area contributed by atoms with Crippen LogP contribution in [0.1, 0.15) is 22.5 Å². The largest absolute Gasteiger partial charge is 0.296 e. The minimum atomic E-state index is -2.68. The van der Waals surface area contributed by atoms with Gasteiger partial charge in [0.15, 0.2) is 6.29 Å². The van der Waals surface area contributed by atoms with E-state index in [0.717, 1.165) is 12.3 Å². The molecule has 0 aliphatic rings. The summed E-state index contributed by atoms with van der Waals surface area (Å²) in [7, 11) is 0. The van der Waals surface area contributed by atoms with Gasteiger partial charge in [-0.25, -0.2) is 8.78 Å². The highest BCUT2D eigenvalue weighted by Crippen LogP contribution is 2.26. The van der Waals surface area contributed by atoms with Gasteiger partial charge in [-0.15, -0.1) is 0 Å². The van der Waals surface area contributed by atoms with Crippen molar-refractivity contribution in [3.8, 4) is 0 Å². The van der Waals surface area contributed by atoms with E-state index in [-0.39, 0.29) is 16.3 Å². The maximum absolute atomic E-state index is 12.1. The first-order chi connectivity index (χ1) is 5.65. The van der Waals surface area contributed by atoms with Crippen molar-refractivity contribution in [3.63, 3.8) is 0 Å². The van der Waals surface area contributed by atoms with E-state index in [2.05, 4.69) is 4.98 Å². The molecule has 1 heterocycles. The van der Waals surface area contributed by atoms with E-state index in [9.17, 15) is 13.6 Å². The summed E-state index contributed by atoms with van der Waals surface area (Å²) in [5.74, 6) is 0. The summed E-state index contributed by atoms with van der Waals surface area (Å²) in [6.45, 7) is 0. The predicted octanol–water partition coefficient (Wildman–Crippen LogP) is 2.49. The second-order valence-corrected chi connectivity index (χ2v) is 2.46. The fourth-order valence-corrected chi connectivity index (χ4v) is 0.889. The highest BCUT2D eigenvalue weighted by Gasteiger charge is 2.12. The monoisotopic (exact) mass is 191 g/mol. The van der Waals surface area contributed by atoms with Crippen LogP contribution < -0.4 is 0 Å².